The Balaban J connectivity index is 1.82. The summed E-state index contributed by atoms with van der Waals surface area (Å²) in [5, 5.41) is 4.80. The number of nitrogens with one attached hydrogen (secondary N) is 1. The summed E-state index contributed by atoms with van der Waals surface area (Å²) in [6.45, 7) is 1.79. The van der Waals surface area contributed by atoms with Crippen LogP contribution in [-0.2, 0) is 21.2 Å². The summed E-state index contributed by atoms with van der Waals surface area (Å²) < 4.78 is 33.6. The van der Waals surface area contributed by atoms with Crippen LogP contribution in [0.4, 0.5) is 0 Å². The zero-order valence-electron chi connectivity index (χ0n) is 15.2. The molecular formula is C19H18ClN3O4S. The van der Waals surface area contributed by atoms with Crippen LogP contribution in [0.15, 0.2) is 59.5 Å². The molecule has 1 heterocycles. The lowest BCUT2D eigenvalue weighted by molar-refractivity contribution is -0.118. The predicted octanol–water partition coefficient (Wildman–Crippen LogP) is 2.89. The number of aryl methyl sites for hydroxylation is 1. The number of halogens is 1. The molecule has 9 heteroatoms. The summed E-state index contributed by atoms with van der Waals surface area (Å²) in [5.41, 5.74) is 1.96. The third kappa shape index (κ3) is 4.52. The van der Waals surface area contributed by atoms with Gasteiger partial charge in [-0.3, -0.25) is 4.79 Å². The first-order valence-corrected chi connectivity index (χ1v) is 10.2. The Morgan fingerprint density at radius 3 is 2.57 bits per heavy atom. The van der Waals surface area contributed by atoms with Crippen molar-refractivity contribution < 1.29 is 17.9 Å². The molecule has 7 nitrogen and oxygen atoms in total. The third-order valence-corrected chi connectivity index (χ3v) is 5.56. The number of hydrogen-bond acceptors (Lipinski definition) is 5. The molecule has 1 N–H and O–H groups in total. The van der Waals surface area contributed by atoms with Crippen LogP contribution in [0.3, 0.4) is 0 Å². The molecule has 0 atom stereocenters. The number of carbonyl (C=O) groups excluding carboxylic acids is 1. The molecule has 0 spiro atoms. The SMILES string of the molecule is COc1cccc(-n2nc(C)cc2CC(=O)NS(=O)(=O)c2ccc(Cl)cc2)c1. The van der Waals surface area contributed by atoms with Gasteiger partial charge in [-0.15, -0.1) is 0 Å². The second kappa shape index (κ2) is 8.04. The monoisotopic (exact) mass is 419 g/mol. The number of methoxy groups -OCH3 is 1. The molecular weight excluding hydrogens is 402 g/mol. The molecule has 3 rings (SSSR count). The van der Waals surface area contributed by atoms with Crippen molar-refractivity contribution in [3.63, 3.8) is 0 Å². The molecule has 0 fully saturated rings. The van der Waals surface area contributed by atoms with Gasteiger partial charge >= 0.3 is 0 Å². The van der Waals surface area contributed by atoms with Crippen molar-refractivity contribution in [2.45, 2.75) is 18.2 Å². The molecule has 0 bridgehead atoms. The second-order valence-electron chi connectivity index (χ2n) is 6.05. The Morgan fingerprint density at radius 2 is 1.89 bits per heavy atom. The van der Waals surface area contributed by atoms with Crippen molar-refractivity contribution in [2.75, 3.05) is 7.11 Å². The summed E-state index contributed by atoms with van der Waals surface area (Å²) in [7, 11) is -2.43. The maximum atomic E-state index is 12.4. The third-order valence-electron chi connectivity index (χ3n) is 3.92. The van der Waals surface area contributed by atoms with E-state index in [0.29, 0.717) is 27.8 Å². The van der Waals surface area contributed by atoms with Gasteiger partial charge in [0.15, 0.2) is 0 Å². The number of aromatic nitrogens is 2. The Morgan fingerprint density at radius 1 is 1.18 bits per heavy atom. The van der Waals surface area contributed by atoms with Crippen LogP contribution in [0.1, 0.15) is 11.4 Å². The van der Waals surface area contributed by atoms with E-state index >= 15 is 0 Å². The first-order chi connectivity index (χ1) is 13.3. The molecule has 1 amide bonds. The molecule has 146 valence electrons. The molecule has 0 aliphatic heterocycles. The lowest BCUT2D eigenvalue weighted by Crippen LogP contribution is -2.32. The zero-order valence-corrected chi connectivity index (χ0v) is 16.8. The second-order valence-corrected chi connectivity index (χ2v) is 8.17. The van der Waals surface area contributed by atoms with Crippen LogP contribution in [0, 0.1) is 6.92 Å². The minimum Gasteiger partial charge on any atom is -0.497 e. The van der Waals surface area contributed by atoms with Gasteiger partial charge in [0.2, 0.25) is 5.91 Å². The number of rotatable bonds is 6. The van der Waals surface area contributed by atoms with Gasteiger partial charge < -0.3 is 4.74 Å². The number of ether oxygens (including phenoxy) is 1. The van der Waals surface area contributed by atoms with Gasteiger partial charge in [-0.2, -0.15) is 5.10 Å². The molecule has 0 saturated carbocycles. The number of sulfonamides is 1. The Bertz CT molecular complexity index is 1110. The van der Waals surface area contributed by atoms with Gasteiger partial charge in [-0.05, 0) is 49.4 Å². The van der Waals surface area contributed by atoms with E-state index in [0.717, 1.165) is 0 Å². The fourth-order valence-electron chi connectivity index (χ4n) is 2.67. The maximum Gasteiger partial charge on any atom is 0.264 e. The average molecular weight is 420 g/mol. The first-order valence-electron chi connectivity index (χ1n) is 8.30. The summed E-state index contributed by atoms with van der Waals surface area (Å²) in [6, 6.07) is 14.5. The molecule has 0 aliphatic rings. The first kappa shape index (κ1) is 19.9. The summed E-state index contributed by atoms with van der Waals surface area (Å²) in [4.78, 5) is 12.4. The standard InChI is InChI=1S/C19H18ClN3O4S/c1-13-10-16(23(21-13)15-4-3-5-17(11-15)27-2)12-19(24)22-28(25,26)18-8-6-14(20)7-9-18/h3-11H,12H2,1-2H3,(H,22,24). The molecule has 0 saturated heterocycles. The van der Waals surface area contributed by atoms with Crippen LogP contribution in [0.25, 0.3) is 5.69 Å². The molecule has 28 heavy (non-hydrogen) atoms. The number of amides is 1. The molecule has 0 aliphatic carbocycles. The molecule has 0 radical (unpaired) electrons. The topological polar surface area (TPSA) is 90.3 Å². The summed E-state index contributed by atoms with van der Waals surface area (Å²) >= 11 is 5.77. The van der Waals surface area contributed by atoms with Crippen molar-refractivity contribution in [1.82, 2.24) is 14.5 Å². The highest BCUT2D eigenvalue weighted by atomic mass is 35.5. The van der Waals surface area contributed by atoms with Gasteiger partial charge in [-0.25, -0.2) is 17.8 Å². The van der Waals surface area contributed by atoms with Gasteiger partial charge in [0.1, 0.15) is 5.75 Å². The van der Waals surface area contributed by atoms with Gasteiger partial charge in [0.25, 0.3) is 10.0 Å². The highest BCUT2D eigenvalue weighted by Gasteiger charge is 2.20. The molecule has 0 unspecified atom stereocenters. The fourth-order valence-corrected chi connectivity index (χ4v) is 3.78. The van der Waals surface area contributed by atoms with E-state index in [1.807, 2.05) is 6.07 Å². The number of nitrogens with zero attached hydrogens (tertiary/aromatic N) is 2. The van der Waals surface area contributed by atoms with Crippen molar-refractivity contribution in [3.05, 3.63) is 71.0 Å². The zero-order chi connectivity index (χ0) is 20.3. The normalized spacial score (nSPS) is 11.2. The Hall–Kier alpha value is -2.84. The Kier molecular flexibility index (Phi) is 5.71. The minimum atomic E-state index is -3.99. The van der Waals surface area contributed by atoms with E-state index in [2.05, 4.69) is 9.82 Å². The molecule has 3 aromatic rings. The van der Waals surface area contributed by atoms with Crippen LogP contribution >= 0.6 is 11.6 Å². The highest BCUT2D eigenvalue weighted by molar-refractivity contribution is 7.90. The van der Waals surface area contributed by atoms with Gasteiger partial charge in [-0.1, -0.05) is 17.7 Å². The predicted molar refractivity (Wildman–Crippen MR) is 105 cm³/mol. The quantitative estimate of drug-likeness (QED) is 0.663. The lowest BCUT2D eigenvalue weighted by Gasteiger charge is -2.10. The molecule has 1 aromatic heterocycles. The van der Waals surface area contributed by atoms with E-state index in [1.54, 1.807) is 43.0 Å². The lowest BCUT2D eigenvalue weighted by atomic mass is 10.2. The number of hydrogen-bond donors (Lipinski definition) is 1. The van der Waals surface area contributed by atoms with E-state index < -0.39 is 15.9 Å². The minimum absolute atomic E-state index is 0.0391. The smallest absolute Gasteiger partial charge is 0.264 e. The van der Waals surface area contributed by atoms with Crippen LogP contribution < -0.4 is 9.46 Å². The van der Waals surface area contributed by atoms with Gasteiger partial charge in [0, 0.05) is 11.1 Å². The van der Waals surface area contributed by atoms with Crippen molar-refractivity contribution in [3.8, 4) is 11.4 Å². The fraction of sp³-hybridized carbons (Fsp3) is 0.158. The highest BCUT2D eigenvalue weighted by Crippen LogP contribution is 2.19. The van der Waals surface area contributed by atoms with Crippen LogP contribution in [0.2, 0.25) is 5.02 Å². The van der Waals surface area contributed by atoms with E-state index in [-0.39, 0.29) is 11.3 Å². The maximum absolute atomic E-state index is 12.4. The van der Waals surface area contributed by atoms with Crippen molar-refractivity contribution >= 4 is 27.5 Å². The van der Waals surface area contributed by atoms with Crippen molar-refractivity contribution in [2.24, 2.45) is 0 Å². The van der Waals surface area contributed by atoms with Crippen molar-refractivity contribution in [1.29, 1.82) is 0 Å². The number of benzene rings is 2. The van der Waals surface area contributed by atoms with E-state index in [4.69, 9.17) is 16.3 Å². The summed E-state index contributed by atoms with van der Waals surface area (Å²) in [6.07, 6.45) is -0.162. The average Bonchev–Trinajstić information content (AvgIpc) is 3.01. The number of carbonyl (C=O) groups is 1. The van der Waals surface area contributed by atoms with Crippen LogP contribution in [-0.4, -0.2) is 31.2 Å². The largest absolute Gasteiger partial charge is 0.497 e. The molecule has 2 aromatic carbocycles. The van der Waals surface area contributed by atoms with E-state index in [9.17, 15) is 13.2 Å². The van der Waals surface area contributed by atoms with E-state index in [1.165, 1.54) is 24.3 Å². The summed E-state index contributed by atoms with van der Waals surface area (Å²) in [5.74, 6) is -0.0228. The Labute approximate surface area is 168 Å². The van der Waals surface area contributed by atoms with Crippen LogP contribution in [0.5, 0.6) is 5.75 Å². The van der Waals surface area contributed by atoms with Gasteiger partial charge in [0.05, 0.1) is 35.5 Å².